The zero-order valence-electron chi connectivity index (χ0n) is 11.3. The summed E-state index contributed by atoms with van der Waals surface area (Å²) in [6.45, 7) is 6.51. The van der Waals surface area contributed by atoms with Crippen LogP contribution in [0.15, 0.2) is 6.07 Å². The third kappa shape index (κ3) is 3.91. The molecule has 0 aliphatic carbocycles. The van der Waals surface area contributed by atoms with Crippen molar-refractivity contribution in [1.82, 2.24) is 4.98 Å². The minimum absolute atomic E-state index is 0.275. The second kappa shape index (κ2) is 6.64. The summed E-state index contributed by atoms with van der Waals surface area (Å²) < 4.78 is 0. The van der Waals surface area contributed by atoms with Gasteiger partial charge in [0.05, 0.1) is 11.4 Å². The molecule has 1 rings (SSSR count). The van der Waals surface area contributed by atoms with Gasteiger partial charge in [0.15, 0.2) is 0 Å². The Morgan fingerprint density at radius 3 is 2.78 bits per heavy atom. The molecule has 0 aromatic carbocycles. The Labute approximate surface area is 112 Å². The first-order valence-corrected chi connectivity index (χ1v) is 7.29. The molecule has 0 spiro atoms. The first kappa shape index (κ1) is 14.8. The summed E-state index contributed by atoms with van der Waals surface area (Å²) in [5, 5.41) is 12.4. The van der Waals surface area contributed by atoms with E-state index in [2.05, 4.69) is 23.5 Å². The standard InChI is InChI=1S/C13H20N2O2S/c1-8(7-18-4)6-14-11-5-9(2)15-10(3)12(11)13(16)17/h5,8H,6-7H2,1-4H3,(H,14,15)(H,16,17). The molecule has 1 unspecified atom stereocenters. The molecule has 1 aromatic heterocycles. The minimum atomic E-state index is -0.931. The van der Waals surface area contributed by atoms with E-state index in [4.69, 9.17) is 0 Å². The number of thioether (sulfide) groups is 1. The molecule has 5 heteroatoms. The molecule has 100 valence electrons. The number of anilines is 1. The number of carboxylic acid groups (broad SMARTS) is 1. The lowest BCUT2D eigenvalue weighted by Crippen LogP contribution is -2.16. The van der Waals surface area contributed by atoms with E-state index in [1.54, 1.807) is 24.8 Å². The van der Waals surface area contributed by atoms with Gasteiger partial charge in [0, 0.05) is 12.2 Å². The maximum absolute atomic E-state index is 11.2. The molecule has 0 aliphatic heterocycles. The van der Waals surface area contributed by atoms with E-state index in [1.165, 1.54) is 0 Å². The average molecular weight is 268 g/mol. The predicted octanol–water partition coefficient (Wildman–Crippen LogP) is 2.81. The largest absolute Gasteiger partial charge is 0.478 e. The van der Waals surface area contributed by atoms with E-state index in [9.17, 15) is 9.90 Å². The lowest BCUT2D eigenvalue weighted by molar-refractivity contribution is 0.0696. The molecule has 0 amide bonds. The molecule has 4 nitrogen and oxygen atoms in total. The van der Waals surface area contributed by atoms with Crippen molar-refractivity contribution in [2.75, 3.05) is 23.9 Å². The quantitative estimate of drug-likeness (QED) is 0.830. The normalized spacial score (nSPS) is 12.2. The molecular weight excluding hydrogens is 248 g/mol. The van der Waals surface area contributed by atoms with Gasteiger partial charge in [-0.05, 0) is 37.8 Å². The van der Waals surface area contributed by atoms with E-state index in [-0.39, 0.29) is 5.56 Å². The number of hydrogen-bond donors (Lipinski definition) is 2. The van der Waals surface area contributed by atoms with Crippen LogP contribution in [0.3, 0.4) is 0 Å². The summed E-state index contributed by atoms with van der Waals surface area (Å²) >= 11 is 1.79. The number of carboxylic acids is 1. The molecule has 0 bridgehead atoms. The van der Waals surface area contributed by atoms with Gasteiger partial charge >= 0.3 is 5.97 Å². The van der Waals surface area contributed by atoms with Gasteiger partial charge in [-0.15, -0.1) is 0 Å². The van der Waals surface area contributed by atoms with Gasteiger partial charge in [0.25, 0.3) is 0 Å². The van der Waals surface area contributed by atoms with Crippen molar-refractivity contribution in [3.63, 3.8) is 0 Å². The smallest absolute Gasteiger partial charge is 0.339 e. The van der Waals surface area contributed by atoms with Crippen molar-refractivity contribution in [3.8, 4) is 0 Å². The number of hydrogen-bond acceptors (Lipinski definition) is 4. The van der Waals surface area contributed by atoms with Crippen molar-refractivity contribution in [2.24, 2.45) is 5.92 Å². The number of carbonyl (C=O) groups is 1. The number of aromatic nitrogens is 1. The van der Waals surface area contributed by atoms with E-state index in [0.717, 1.165) is 18.0 Å². The van der Waals surface area contributed by atoms with E-state index in [0.29, 0.717) is 17.3 Å². The summed E-state index contributed by atoms with van der Waals surface area (Å²) in [5.41, 5.74) is 2.33. The highest BCUT2D eigenvalue weighted by Crippen LogP contribution is 2.20. The van der Waals surface area contributed by atoms with Crippen molar-refractivity contribution in [1.29, 1.82) is 0 Å². The third-order valence-electron chi connectivity index (χ3n) is 2.63. The Kier molecular flexibility index (Phi) is 5.47. The molecule has 0 saturated heterocycles. The van der Waals surface area contributed by atoms with Crippen molar-refractivity contribution in [3.05, 3.63) is 23.0 Å². The maximum Gasteiger partial charge on any atom is 0.339 e. The van der Waals surface area contributed by atoms with Crippen LogP contribution in [0.1, 0.15) is 28.7 Å². The van der Waals surface area contributed by atoms with Crippen molar-refractivity contribution >= 4 is 23.4 Å². The zero-order chi connectivity index (χ0) is 13.7. The Hall–Kier alpha value is -1.23. The Bertz CT molecular complexity index is 435. The molecular formula is C13H20N2O2S. The molecule has 0 fully saturated rings. The van der Waals surface area contributed by atoms with Gasteiger partial charge in [0.1, 0.15) is 5.56 Å². The Morgan fingerprint density at radius 2 is 2.22 bits per heavy atom. The third-order valence-corrected chi connectivity index (χ3v) is 3.54. The average Bonchev–Trinajstić information content (AvgIpc) is 2.25. The summed E-state index contributed by atoms with van der Waals surface area (Å²) in [4.78, 5) is 15.4. The van der Waals surface area contributed by atoms with Crippen LogP contribution in [0, 0.1) is 19.8 Å². The number of nitrogens with one attached hydrogen (secondary N) is 1. The molecule has 1 heterocycles. The number of aromatic carboxylic acids is 1. The molecule has 1 aromatic rings. The molecule has 0 saturated carbocycles. The fourth-order valence-electron chi connectivity index (χ4n) is 1.87. The highest BCUT2D eigenvalue weighted by Gasteiger charge is 2.15. The number of nitrogens with zero attached hydrogens (tertiary/aromatic N) is 1. The van der Waals surface area contributed by atoms with E-state index < -0.39 is 5.97 Å². The maximum atomic E-state index is 11.2. The zero-order valence-corrected chi connectivity index (χ0v) is 12.1. The van der Waals surface area contributed by atoms with Crippen LogP contribution in [0.2, 0.25) is 0 Å². The first-order chi connectivity index (χ1) is 8.45. The number of rotatable bonds is 6. The minimum Gasteiger partial charge on any atom is -0.478 e. The van der Waals surface area contributed by atoms with Crippen LogP contribution in [-0.4, -0.2) is 34.6 Å². The van der Waals surface area contributed by atoms with Gasteiger partial charge in [-0.3, -0.25) is 4.98 Å². The highest BCUT2D eigenvalue weighted by atomic mass is 32.2. The molecule has 0 aliphatic rings. The summed E-state index contributed by atoms with van der Waals surface area (Å²) in [7, 11) is 0. The highest BCUT2D eigenvalue weighted by molar-refractivity contribution is 7.98. The van der Waals surface area contributed by atoms with Gasteiger partial charge in [-0.1, -0.05) is 6.92 Å². The number of aryl methyl sites for hydroxylation is 2. The first-order valence-electron chi connectivity index (χ1n) is 5.90. The summed E-state index contributed by atoms with van der Waals surface area (Å²) in [6, 6.07) is 1.79. The fourth-order valence-corrected chi connectivity index (χ4v) is 2.55. The Morgan fingerprint density at radius 1 is 1.56 bits per heavy atom. The van der Waals surface area contributed by atoms with Crippen LogP contribution in [0.4, 0.5) is 5.69 Å². The van der Waals surface area contributed by atoms with Gasteiger partial charge in [-0.25, -0.2) is 4.79 Å². The van der Waals surface area contributed by atoms with Gasteiger partial charge in [0.2, 0.25) is 0 Å². The van der Waals surface area contributed by atoms with E-state index in [1.807, 2.05) is 6.92 Å². The molecule has 18 heavy (non-hydrogen) atoms. The lowest BCUT2D eigenvalue weighted by atomic mass is 10.1. The molecule has 2 N–H and O–H groups in total. The van der Waals surface area contributed by atoms with Crippen LogP contribution >= 0.6 is 11.8 Å². The van der Waals surface area contributed by atoms with Gasteiger partial charge < -0.3 is 10.4 Å². The van der Waals surface area contributed by atoms with Gasteiger partial charge in [-0.2, -0.15) is 11.8 Å². The monoisotopic (exact) mass is 268 g/mol. The van der Waals surface area contributed by atoms with Crippen molar-refractivity contribution < 1.29 is 9.90 Å². The Balaban J connectivity index is 2.90. The fraction of sp³-hybridized carbons (Fsp3) is 0.538. The van der Waals surface area contributed by atoms with E-state index >= 15 is 0 Å². The summed E-state index contributed by atoms with van der Waals surface area (Å²) in [5.74, 6) is 0.619. The summed E-state index contributed by atoms with van der Waals surface area (Å²) in [6.07, 6.45) is 2.07. The lowest BCUT2D eigenvalue weighted by Gasteiger charge is -2.15. The molecule has 1 atom stereocenters. The van der Waals surface area contributed by atoms with Crippen molar-refractivity contribution in [2.45, 2.75) is 20.8 Å². The predicted molar refractivity (Wildman–Crippen MR) is 76.7 cm³/mol. The second-order valence-electron chi connectivity index (χ2n) is 4.52. The second-order valence-corrected chi connectivity index (χ2v) is 5.43. The SMILES string of the molecule is CSCC(C)CNc1cc(C)nc(C)c1C(=O)O. The van der Waals surface area contributed by atoms with Crippen LogP contribution in [0.5, 0.6) is 0 Å². The topological polar surface area (TPSA) is 62.2 Å². The van der Waals surface area contributed by atoms with Crippen LogP contribution in [0.25, 0.3) is 0 Å². The molecule has 0 radical (unpaired) electrons. The van der Waals surface area contributed by atoms with Crippen LogP contribution < -0.4 is 5.32 Å². The van der Waals surface area contributed by atoms with Crippen LogP contribution in [-0.2, 0) is 0 Å². The number of pyridine rings is 1.